The zero-order valence-electron chi connectivity index (χ0n) is 13.7. The molecule has 0 unspecified atom stereocenters. The molecule has 1 aromatic carbocycles. The van der Waals surface area contributed by atoms with Crippen molar-refractivity contribution in [3.8, 4) is 10.4 Å². The first-order valence-corrected chi connectivity index (χ1v) is 9.33. The summed E-state index contributed by atoms with van der Waals surface area (Å²) in [6.07, 6.45) is 0. The van der Waals surface area contributed by atoms with Crippen LogP contribution in [0.1, 0.15) is 11.8 Å². The zero-order valence-corrected chi connectivity index (χ0v) is 15.3. The molecule has 1 amide bonds. The molecule has 2 N–H and O–H groups in total. The third kappa shape index (κ3) is 3.98. The van der Waals surface area contributed by atoms with Crippen LogP contribution in [0.4, 0.5) is 0 Å². The normalized spacial score (nSPS) is 17.8. The van der Waals surface area contributed by atoms with Crippen molar-refractivity contribution in [2.75, 3.05) is 26.2 Å². The second-order valence-electron chi connectivity index (χ2n) is 6.14. The third-order valence-electron chi connectivity index (χ3n) is 4.55. The highest BCUT2D eigenvalue weighted by Crippen LogP contribution is 2.33. The van der Waals surface area contributed by atoms with E-state index in [0.29, 0.717) is 0 Å². The maximum absolute atomic E-state index is 11.3. The zero-order chi connectivity index (χ0) is 17.1. The molecule has 0 aliphatic carbocycles. The molecule has 4 nitrogen and oxygen atoms in total. The van der Waals surface area contributed by atoms with Gasteiger partial charge in [0.05, 0.1) is 6.04 Å². The molecule has 24 heavy (non-hydrogen) atoms. The molecule has 2 aromatic rings. The van der Waals surface area contributed by atoms with E-state index < -0.39 is 0 Å². The molecule has 0 saturated carbocycles. The molecule has 0 radical (unpaired) electrons. The Hall–Kier alpha value is -1.40. The van der Waals surface area contributed by atoms with E-state index in [4.69, 9.17) is 17.3 Å². The third-order valence-corrected chi connectivity index (χ3v) is 5.98. The van der Waals surface area contributed by atoms with Gasteiger partial charge in [0.2, 0.25) is 5.91 Å². The fraction of sp³-hybridized carbons (Fsp3) is 0.389. The Kier molecular flexibility index (Phi) is 5.56. The molecule has 3 rings (SSSR count). The number of carbonyl (C=O) groups is 1. The second-order valence-corrected chi connectivity index (χ2v) is 7.71. The highest BCUT2D eigenvalue weighted by Gasteiger charge is 2.24. The summed E-state index contributed by atoms with van der Waals surface area (Å²) in [6.45, 7) is 6.49. The number of halogens is 1. The molecule has 1 fully saturated rings. The maximum Gasteiger partial charge on any atom is 0.234 e. The first-order chi connectivity index (χ1) is 11.5. The van der Waals surface area contributed by atoms with Crippen molar-refractivity contribution in [3.63, 3.8) is 0 Å². The van der Waals surface area contributed by atoms with Gasteiger partial charge in [0.1, 0.15) is 0 Å². The van der Waals surface area contributed by atoms with E-state index in [9.17, 15) is 4.79 Å². The number of amides is 1. The van der Waals surface area contributed by atoms with Crippen LogP contribution in [-0.4, -0.2) is 47.9 Å². The predicted octanol–water partition coefficient (Wildman–Crippen LogP) is 3.06. The standard InChI is InChI=1S/C18H22ClN3OS/c1-13(18(20)23)22-10-8-21(9-11-22)12-14-6-7-17(24-14)15-4-2-3-5-16(15)19/h2-7,13H,8-12H2,1H3,(H2,20,23)/t13-/m1/s1. The van der Waals surface area contributed by atoms with Gasteiger partial charge < -0.3 is 5.73 Å². The number of carbonyl (C=O) groups excluding carboxylic acids is 1. The van der Waals surface area contributed by atoms with Crippen LogP contribution in [0, 0.1) is 0 Å². The van der Waals surface area contributed by atoms with E-state index in [0.717, 1.165) is 43.3 Å². The Labute approximate surface area is 151 Å². The molecule has 0 bridgehead atoms. The molecule has 1 saturated heterocycles. The van der Waals surface area contributed by atoms with Crippen molar-refractivity contribution in [1.82, 2.24) is 9.80 Å². The van der Waals surface area contributed by atoms with E-state index in [2.05, 4.69) is 28.0 Å². The van der Waals surface area contributed by atoms with Crippen LogP contribution in [0.2, 0.25) is 5.02 Å². The van der Waals surface area contributed by atoms with Crippen LogP contribution >= 0.6 is 22.9 Å². The lowest BCUT2D eigenvalue weighted by atomic mass is 10.2. The van der Waals surface area contributed by atoms with E-state index in [1.54, 1.807) is 11.3 Å². The average Bonchev–Trinajstić information content (AvgIpc) is 3.03. The molecule has 1 atom stereocenters. The fourth-order valence-electron chi connectivity index (χ4n) is 2.98. The molecule has 1 aliphatic heterocycles. The number of nitrogens with two attached hydrogens (primary N) is 1. The van der Waals surface area contributed by atoms with Gasteiger partial charge >= 0.3 is 0 Å². The number of hydrogen-bond donors (Lipinski definition) is 1. The first kappa shape index (κ1) is 17.4. The monoisotopic (exact) mass is 363 g/mol. The maximum atomic E-state index is 11.3. The number of thiophene rings is 1. The van der Waals surface area contributed by atoms with Crippen molar-refractivity contribution in [1.29, 1.82) is 0 Å². The van der Waals surface area contributed by atoms with Gasteiger partial charge in [-0.15, -0.1) is 11.3 Å². The lowest BCUT2D eigenvalue weighted by molar-refractivity contribution is -0.123. The van der Waals surface area contributed by atoms with Crippen LogP contribution in [-0.2, 0) is 11.3 Å². The van der Waals surface area contributed by atoms with Crippen LogP contribution < -0.4 is 5.73 Å². The summed E-state index contributed by atoms with van der Waals surface area (Å²) >= 11 is 8.08. The largest absolute Gasteiger partial charge is 0.368 e. The fourth-order valence-corrected chi connectivity index (χ4v) is 4.36. The van der Waals surface area contributed by atoms with Crippen molar-refractivity contribution in [3.05, 3.63) is 46.3 Å². The van der Waals surface area contributed by atoms with Crippen LogP contribution in [0.25, 0.3) is 10.4 Å². The molecule has 1 aromatic heterocycles. The molecule has 6 heteroatoms. The highest BCUT2D eigenvalue weighted by atomic mass is 35.5. The molecule has 2 heterocycles. The molecular formula is C18H22ClN3OS. The Bertz CT molecular complexity index is 710. The summed E-state index contributed by atoms with van der Waals surface area (Å²) in [4.78, 5) is 18.4. The Morgan fingerprint density at radius 3 is 2.58 bits per heavy atom. The van der Waals surface area contributed by atoms with Crippen molar-refractivity contribution in [2.24, 2.45) is 5.73 Å². The van der Waals surface area contributed by atoms with Gasteiger partial charge in [0.15, 0.2) is 0 Å². The number of benzene rings is 1. The quantitative estimate of drug-likeness (QED) is 0.888. The summed E-state index contributed by atoms with van der Waals surface area (Å²) in [5, 5.41) is 0.792. The van der Waals surface area contributed by atoms with E-state index in [1.807, 2.05) is 25.1 Å². The topological polar surface area (TPSA) is 49.6 Å². The number of piperazine rings is 1. The van der Waals surface area contributed by atoms with Gasteiger partial charge in [-0.3, -0.25) is 14.6 Å². The summed E-state index contributed by atoms with van der Waals surface area (Å²) in [6, 6.07) is 12.1. The van der Waals surface area contributed by atoms with Gasteiger partial charge in [-0.2, -0.15) is 0 Å². The van der Waals surface area contributed by atoms with Crippen LogP contribution in [0.5, 0.6) is 0 Å². The van der Waals surface area contributed by atoms with Gasteiger partial charge in [0.25, 0.3) is 0 Å². The number of rotatable bonds is 5. The van der Waals surface area contributed by atoms with Crippen LogP contribution in [0.3, 0.4) is 0 Å². The van der Waals surface area contributed by atoms with Gasteiger partial charge in [0, 0.05) is 53.1 Å². The van der Waals surface area contributed by atoms with Crippen molar-refractivity contribution >= 4 is 28.8 Å². The lowest BCUT2D eigenvalue weighted by Gasteiger charge is -2.36. The van der Waals surface area contributed by atoms with Crippen molar-refractivity contribution < 1.29 is 4.79 Å². The number of primary amides is 1. The van der Waals surface area contributed by atoms with E-state index >= 15 is 0 Å². The summed E-state index contributed by atoms with van der Waals surface area (Å²) in [5.74, 6) is -0.244. The molecule has 128 valence electrons. The highest BCUT2D eigenvalue weighted by molar-refractivity contribution is 7.15. The Morgan fingerprint density at radius 2 is 1.92 bits per heavy atom. The Balaban J connectivity index is 1.59. The summed E-state index contributed by atoms with van der Waals surface area (Å²) < 4.78 is 0. The lowest BCUT2D eigenvalue weighted by Crippen LogP contribution is -2.52. The van der Waals surface area contributed by atoms with Crippen LogP contribution in [0.15, 0.2) is 36.4 Å². The molecular weight excluding hydrogens is 342 g/mol. The second kappa shape index (κ2) is 7.66. The minimum absolute atomic E-state index is 0.180. The van der Waals surface area contributed by atoms with Gasteiger partial charge in [-0.25, -0.2) is 0 Å². The van der Waals surface area contributed by atoms with E-state index in [1.165, 1.54) is 9.75 Å². The summed E-state index contributed by atoms with van der Waals surface area (Å²) in [7, 11) is 0. The minimum Gasteiger partial charge on any atom is -0.368 e. The number of nitrogens with zero attached hydrogens (tertiary/aromatic N) is 2. The SMILES string of the molecule is C[C@H](C(N)=O)N1CCN(Cc2ccc(-c3ccccc3Cl)s2)CC1. The van der Waals surface area contributed by atoms with E-state index in [-0.39, 0.29) is 11.9 Å². The minimum atomic E-state index is -0.244. The average molecular weight is 364 g/mol. The van der Waals surface area contributed by atoms with Gasteiger partial charge in [-0.05, 0) is 25.1 Å². The van der Waals surface area contributed by atoms with Crippen molar-refractivity contribution in [2.45, 2.75) is 19.5 Å². The predicted molar refractivity (Wildman–Crippen MR) is 100 cm³/mol. The number of hydrogen-bond acceptors (Lipinski definition) is 4. The Morgan fingerprint density at radius 1 is 1.21 bits per heavy atom. The van der Waals surface area contributed by atoms with Gasteiger partial charge in [-0.1, -0.05) is 29.8 Å². The smallest absolute Gasteiger partial charge is 0.234 e. The first-order valence-electron chi connectivity index (χ1n) is 8.14. The molecule has 0 spiro atoms. The molecule has 1 aliphatic rings. The summed E-state index contributed by atoms with van der Waals surface area (Å²) in [5.41, 5.74) is 6.48.